The summed E-state index contributed by atoms with van der Waals surface area (Å²) in [6.07, 6.45) is 1.10. The lowest BCUT2D eigenvalue weighted by atomic mass is 9.97. The minimum atomic E-state index is 0.508. The maximum Gasteiger partial charge on any atom is 0.0494 e. The van der Waals surface area contributed by atoms with Gasteiger partial charge in [-0.25, -0.2) is 0 Å². The summed E-state index contributed by atoms with van der Waals surface area (Å²) in [5.74, 6) is 0.508. The molecule has 0 aromatic heterocycles. The second-order valence-corrected chi connectivity index (χ2v) is 4.97. The largest absolute Gasteiger partial charge is 0.398 e. The van der Waals surface area contributed by atoms with Crippen LogP contribution in [0.1, 0.15) is 31.7 Å². The van der Waals surface area contributed by atoms with E-state index in [4.69, 9.17) is 5.73 Å². The van der Waals surface area contributed by atoms with Gasteiger partial charge in [0.2, 0.25) is 0 Å². The molecule has 2 N–H and O–H groups in total. The lowest BCUT2D eigenvalue weighted by Gasteiger charge is -2.13. The van der Waals surface area contributed by atoms with E-state index in [1.807, 2.05) is 6.07 Å². The molecule has 0 bridgehead atoms. The van der Waals surface area contributed by atoms with E-state index in [1.54, 1.807) is 0 Å². The summed E-state index contributed by atoms with van der Waals surface area (Å²) in [5, 5.41) is 0. The van der Waals surface area contributed by atoms with Crippen molar-refractivity contribution < 1.29 is 0 Å². The Bertz CT molecular complexity index is 310. The van der Waals surface area contributed by atoms with Gasteiger partial charge in [-0.3, -0.25) is 0 Å². The quantitative estimate of drug-likeness (QED) is 0.810. The predicted octanol–water partition coefficient (Wildman–Crippen LogP) is 4.31. The van der Waals surface area contributed by atoms with Crippen molar-refractivity contribution in [3.8, 4) is 0 Å². The Hall–Kier alpha value is -0.0200. The van der Waals surface area contributed by atoms with Crippen molar-refractivity contribution in [3.05, 3.63) is 26.6 Å². The van der Waals surface area contributed by atoms with Crippen LogP contribution in [0.3, 0.4) is 0 Å². The van der Waals surface area contributed by atoms with Crippen molar-refractivity contribution in [2.75, 3.05) is 5.73 Å². The summed E-state index contributed by atoms with van der Waals surface area (Å²) < 4.78 is 2.04. The first kappa shape index (κ1) is 11.1. The lowest BCUT2D eigenvalue weighted by molar-refractivity contribution is 0.735. The average Bonchev–Trinajstić information content (AvgIpc) is 2.10. The van der Waals surface area contributed by atoms with Crippen molar-refractivity contribution >= 4 is 37.5 Å². The second-order valence-electron chi connectivity index (χ2n) is 3.20. The molecule has 0 aliphatic carbocycles. The molecule has 0 amide bonds. The van der Waals surface area contributed by atoms with Crippen LogP contribution in [0.15, 0.2) is 21.1 Å². The molecule has 0 saturated carbocycles. The first-order valence-corrected chi connectivity index (χ1v) is 5.89. The third kappa shape index (κ3) is 2.47. The molecule has 0 aliphatic rings. The van der Waals surface area contributed by atoms with E-state index >= 15 is 0 Å². The molecule has 1 atom stereocenters. The van der Waals surface area contributed by atoms with Crippen LogP contribution in [-0.2, 0) is 0 Å². The van der Waals surface area contributed by atoms with E-state index in [2.05, 4.69) is 51.8 Å². The highest BCUT2D eigenvalue weighted by Crippen LogP contribution is 2.33. The number of nitrogens with two attached hydrogens (primary N) is 1. The molecule has 1 aromatic rings. The third-order valence-electron chi connectivity index (χ3n) is 2.27. The maximum absolute atomic E-state index is 5.96. The summed E-state index contributed by atoms with van der Waals surface area (Å²) in [6.45, 7) is 4.35. The molecule has 1 unspecified atom stereocenters. The number of benzene rings is 1. The zero-order chi connectivity index (χ0) is 10.0. The molecule has 1 rings (SSSR count). The smallest absolute Gasteiger partial charge is 0.0494 e. The Labute approximate surface area is 96.0 Å². The number of rotatable bonds is 2. The predicted molar refractivity (Wildman–Crippen MR) is 65.0 cm³/mol. The molecular weight excluding hydrogens is 294 g/mol. The Morgan fingerprint density at radius 3 is 2.54 bits per heavy atom. The number of nitrogen functional groups attached to an aromatic ring is 1. The number of hydrogen-bond donors (Lipinski definition) is 1. The molecule has 0 spiro atoms. The van der Waals surface area contributed by atoms with Gasteiger partial charge in [0.25, 0.3) is 0 Å². The molecule has 0 saturated heterocycles. The standard InChI is InChI=1S/C10H13Br2N/c1-3-6(2)8-4-7(11)5-9(12)10(8)13/h4-6H,3,13H2,1-2H3. The third-order valence-corrected chi connectivity index (χ3v) is 3.38. The molecule has 0 radical (unpaired) electrons. The second kappa shape index (κ2) is 4.47. The zero-order valence-electron chi connectivity index (χ0n) is 7.77. The first-order valence-electron chi connectivity index (χ1n) is 4.30. The normalized spacial score (nSPS) is 12.9. The van der Waals surface area contributed by atoms with Gasteiger partial charge in [0.15, 0.2) is 0 Å². The minimum absolute atomic E-state index is 0.508. The van der Waals surface area contributed by atoms with Gasteiger partial charge in [-0.2, -0.15) is 0 Å². The Kier molecular flexibility index (Phi) is 3.80. The molecular formula is C10H13Br2N. The van der Waals surface area contributed by atoms with Gasteiger partial charge in [-0.15, -0.1) is 0 Å². The Morgan fingerprint density at radius 2 is 2.00 bits per heavy atom. The molecule has 0 aliphatic heterocycles. The van der Waals surface area contributed by atoms with E-state index < -0.39 is 0 Å². The molecule has 72 valence electrons. The van der Waals surface area contributed by atoms with Crippen LogP contribution in [0.25, 0.3) is 0 Å². The average molecular weight is 307 g/mol. The fraction of sp³-hybridized carbons (Fsp3) is 0.400. The molecule has 1 nitrogen and oxygen atoms in total. The van der Waals surface area contributed by atoms with Crippen LogP contribution in [-0.4, -0.2) is 0 Å². The van der Waals surface area contributed by atoms with Crippen LogP contribution in [0.4, 0.5) is 5.69 Å². The highest BCUT2D eigenvalue weighted by molar-refractivity contribution is 9.11. The number of hydrogen-bond acceptors (Lipinski definition) is 1. The van der Waals surface area contributed by atoms with Gasteiger partial charge in [-0.1, -0.05) is 29.8 Å². The fourth-order valence-electron chi connectivity index (χ4n) is 1.23. The Balaban J connectivity index is 3.20. The van der Waals surface area contributed by atoms with Crippen molar-refractivity contribution in [1.82, 2.24) is 0 Å². The van der Waals surface area contributed by atoms with Gasteiger partial charge < -0.3 is 5.73 Å². The monoisotopic (exact) mass is 305 g/mol. The topological polar surface area (TPSA) is 26.0 Å². The van der Waals surface area contributed by atoms with Gasteiger partial charge in [-0.05, 0) is 46.0 Å². The molecule has 3 heteroatoms. The maximum atomic E-state index is 5.96. The SMILES string of the molecule is CCC(C)c1cc(Br)cc(Br)c1N. The van der Waals surface area contributed by atoms with E-state index in [0.717, 1.165) is 21.1 Å². The molecule has 13 heavy (non-hydrogen) atoms. The van der Waals surface area contributed by atoms with Gasteiger partial charge in [0.05, 0.1) is 0 Å². The molecule has 0 fully saturated rings. The fourth-order valence-corrected chi connectivity index (χ4v) is 2.49. The summed E-state index contributed by atoms with van der Waals surface area (Å²) in [4.78, 5) is 0. The van der Waals surface area contributed by atoms with E-state index in [9.17, 15) is 0 Å². The van der Waals surface area contributed by atoms with E-state index in [-0.39, 0.29) is 0 Å². The molecule has 1 aromatic carbocycles. The van der Waals surface area contributed by atoms with Crippen LogP contribution in [0.5, 0.6) is 0 Å². The Morgan fingerprint density at radius 1 is 1.38 bits per heavy atom. The highest BCUT2D eigenvalue weighted by Gasteiger charge is 2.10. The van der Waals surface area contributed by atoms with E-state index in [0.29, 0.717) is 5.92 Å². The summed E-state index contributed by atoms with van der Waals surface area (Å²) in [6, 6.07) is 4.06. The van der Waals surface area contributed by atoms with Gasteiger partial charge in [0, 0.05) is 14.6 Å². The highest BCUT2D eigenvalue weighted by atomic mass is 79.9. The van der Waals surface area contributed by atoms with Crippen molar-refractivity contribution in [1.29, 1.82) is 0 Å². The summed E-state index contributed by atoms with van der Waals surface area (Å²) in [7, 11) is 0. The van der Waals surface area contributed by atoms with Crippen LogP contribution in [0.2, 0.25) is 0 Å². The van der Waals surface area contributed by atoms with Crippen molar-refractivity contribution in [3.63, 3.8) is 0 Å². The van der Waals surface area contributed by atoms with Crippen LogP contribution < -0.4 is 5.73 Å². The summed E-state index contributed by atoms with van der Waals surface area (Å²) in [5.41, 5.74) is 8.03. The summed E-state index contributed by atoms with van der Waals surface area (Å²) >= 11 is 6.90. The lowest BCUT2D eigenvalue weighted by Crippen LogP contribution is -1.99. The zero-order valence-corrected chi connectivity index (χ0v) is 10.9. The van der Waals surface area contributed by atoms with Crippen LogP contribution >= 0.6 is 31.9 Å². The van der Waals surface area contributed by atoms with Gasteiger partial charge >= 0.3 is 0 Å². The first-order chi connectivity index (χ1) is 6.06. The van der Waals surface area contributed by atoms with Gasteiger partial charge in [0.1, 0.15) is 0 Å². The minimum Gasteiger partial charge on any atom is -0.398 e. The van der Waals surface area contributed by atoms with Crippen molar-refractivity contribution in [2.24, 2.45) is 0 Å². The van der Waals surface area contributed by atoms with E-state index in [1.165, 1.54) is 5.56 Å². The number of anilines is 1. The number of halogens is 2. The van der Waals surface area contributed by atoms with Crippen molar-refractivity contribution in [2.45, 2.75) is 26.2 Å². The molecule has 0 heterocycles. The van der Waals surface area contributed by atoms with Crippen LogP contribution in [0, 0.1) is 0 Å².